The molecule has 1 aromatic carbocycles. The summed E-state index contributed by atoms with van der Waals surface area (Å²) in [6.45, 7) is -0.238. The topological polar surface area (TPSA) is 92.9 Å². The van der Waals surface area contributed by atoms with Gasteiger partial charge >= 0.3 is 5.97 Å². The lowest BCUT2D eigenvalue weighted by molar-refractivity contribution is -0.384. The third-order valence-electron chi connectivity index (χ3n) is 2.98. The van der Waals surface area contributed by atoms with Crippen LogP contribution in [0.4, 0.5) is 11.4 Å². The number of nitrogens with zero attached hydrogens (tertiary/aromatic N) is 2. The number of benzene rings is 1. The molecule has 0 amide bonds. The van der Waals surface area contributed by atoms with Crippen LogP contribution in [0.1, 0.15) is 12.8 Å². The average molecular weight is 266 g/mol. The Morgan fingerprint density at radius 2 is 2.26 bits per heavy atom. The highest BCUT2D eigenvalue weighted by Crippen LogP contribution is 2.38. The monoisotopic (exact) mass is 266 g/mol. The van der Waals surface area contributed by atoms with Crippen LogP contribution in [0, 0.1) is 10.1 Å². The number of aliphatic carboxylic acids is 1. The van der Waals surface area contributed by atoms with Gasteiger partial charge in [-0.3, -0.25) is 14.9 Å². The average Bonchev–Trinajstić information content (AvgIpc) is 3.19. The highest BCUT2D eigenvalue weighted by molar-refractivity contribution is 5.77. The summed E-state index contributed by atoms with van der Waals surface area (Å²) in [5.74, 6) is -0.626. The van der Waals surface area contributed by atoms with Gasteiger partial charge in [-0.2, -0.15) is 0 Å². The number of ether oxygens (including phenoxy) is 1. The molecule has 0 unspecified atom stereocenters. The van der Waals surface area contributed by atoms with E-state index < -0.39 is 10.9 Å². The number of carboxylic acids is 1. The van der Waals surface area contributed by atoms with E-state index in [1.165, 1.54) is 19.2 Å². The van der Waals surface area contributed by atoms with Crippen LogP contribution in [0.15, 0.2) is 18.2 Å². The van der Waals surface area contributed by atoms with Crippen molar-refractivity contribution in [1.82, 2.24) is 0 Å². The van der Waals surface area contributed by atoms with E-state index in [1.807, 2.05) is 0 Å². The number of carbonyl (C=O) groups is 1. The highest BCUT2D eigenvalue weighted by Gasteiger charge is 2.34. The van der Waals surface area contributed by atoms with Crippen LogP contribution in [0.5, 0.6) is 5.75 Å². The fourth-order valence-electron chi connectivity index (χ4n) is 1.96. The smallest absolute Gasteiger partial charge is 0.323 e. The molecule has 0 heterocycles. The second-order valence-electron chi connectivity index (χ2n) is 4.36. The van der Waals surface area contributed by atoms with Gasteiger partial charge < -0.3 is 14.7 Å². The van der Waals surface area contributed by atoms with Gasteiger partial charge in [-0.1, -0.05) is 0 Å². The summed E-state index contributed by atoms with van der Waals surface area (Å²) in [4.78, 5) is 23.0. The number of hydrogen-bond acceptors (Lipinski definition) is 5. The van der Waals surface area contributed by atoms with Crippen LogP contribution in [-0.4, -0.2) is 35.7 Å². The molecule has 7 nitrogen and oxygen atoms in total. The molecule has 1 N–H and O–H groups in total. The minimum absolute atomic E-state index is 0.0724. The molecule has 1 aliphatic carbocycles. The zero-order valence-electron chi connectivity index (χ0n) is 10.4. The molecule has 0 radical (unpaired) electrons. The Kier molecular flexibility index (Phi) is 3.55. The van der Waals surface area contributed by atoms with Gasteiger partial charge in [-0.25, -0.2) is 0 Å². The molecular formula is C12H14N2O5. The Morgan fingerprint density at radius 3 is 2.74 bits per heavy atom. The SMILES string of the molecule is COc1ccc(N(CC(=O)O)C2CC2)c([N+](=O)[O-])c1. The normalized spacial score (nSPS) is 13.9. The quantitative estimate of drug-likeness (QED) is 0.621. The molecule has 1 aliphatic rings. The van der Waals surface area contributed by atoms with Crippen molar-refractivity contribution in [2.24, 2.45) is 0 Å². The molecule has 1 saturated carbocycles. The van der Waals surface area contributed by atoms with E-state index in [-0.39, 0.29) is 18.3 Å². The van der Waals surface area contributed by atoms with Gasteiger partial charge in [0.25, 0.3) is 5.69 Å². The van der Waals surface area contributed by atoms with Crippen LogP contribution in [0.2, 0.25) is 0 Å². The molecule has 0 aromatic heterocycles. The van der Waals surface area contributed by atoms with E-state index in [2.05, 4.69) is 0 Å². The largest absolute Gasteiger partial charge is 0.496 e. The molecule has 7 heteroatoms. The minimum Gasteiger partial charge on any atom is -0.496 e. The second-order valence-corrected chi connectivity index (χ2v) is 4.36. The van der Waals surface area contributed by atoms with Crippen molar-refractivity contribution in [1.29, 1.82) is 0 Å². The lowest BCUT2D eigenvalue weighted by Crippen LogP contribution is -2.32. The third-order valence-corrected chi connectivity index (χ3v) is 2.98. The van der Waals surface area contributed by atoms with Gasteiger partial charge in [0.05, 0.1) is 18.1 Å². The van der Waals surface area contributed by atoms with Crippen molar-refractivity contribution in [2.45, 2.75) is 18.9 Å². The molecule has 1 fully saturated rings. The summed E-state index contributed by atoms with van der Waals surface area (Å²) in [7, 11) is 1.43. The summed E-state index contributed by atoms with van der Waals surface area (Å²) in [5.41, 5.74) is 0.197. The number of nitro groups is 1. The Hall–Kier alpha value is -2.31. The summed E-state index contributed by atoms with van der Waals surface area (Å²) in [6, 6.07) is 4.52. The van der Waals surface area contributed by atoms with Gasteiger partial charge in [0.2, 0.25) is 0 Å². The molecule has 0 bridgehead atoms. The maximum Gasteiger partial charge on any atom is 0.323 e. The first kappa shape index (κ1) is 13.1. The lowest BCUT2D eigenvalue weighted by atomic mass is 10.2. The number of rotatable bonds is 6. The highest BCUT2D eigenvalue weighted by atomic mass is 16.6. The van der Waals surface area contributed by atoms with Crippen LogP contribution in [0.25, 0.3) is 0 Å². The molecule has 0 aliphatic heterocycles. The van der Waals surface area contributed by atoms with E-state index in [9.17, 15) is 14.9 Å². The Bertz CT molecular complexity index is 513. The first-order valence-electron chi connectivity index (χ1n) is 5.83. The van der Waals surface area contributed by atoms with E-state index in [1.54, 1.807) is 11.0 Å². The molecular weight excluding hydrogens is 252 g/mol. The van der Waals surface area contributed by atoms with E-state index >= 15 is 0 Å². The van der Waals surface area contributed by atoms with Crippen LogP contribution in [0.3, 0.4) is 0 Å². The Balaban J connectivity index is 2.40. The zero-order valence-corrected chi connectivity index (χ0v) is 10.4. The number of methoxy groups -OCH3 is 1. The zero-order chi connectivity index (χ0) is 14.0. The van der Waals surface area contributed by atoms with Gasteiger partial charge in [0, 0.05) is 6.04 Å². The number of hydrogen-bond donors (Lipinski definition) is 1. The van der Waals surface area contributed by atoms with Crippen LogP contribution < -0.4 is 9.64 Å². The summed E-state index contributed by atoms with van der Waals surface area (Å²) < 4.78 is 4.96. The van der Waals surface area contributed by atoms with E-state index in [0.717, 1.165) is 12.8 Å². The van der Waals surface area contributed by atoms with E-state index in [4.69, 9.17) is 9.84 Å². The second kappa shape index (κ2) is 5.13. The fraction of sp³-hybridized carbons (Fsp3) is 0.417. The molecule has 2 rings (SSSR count). The van der Waals surface area contributed by atoms with Crippen molar-refractivity contribution >= 4 is 17.3 Å². The fourth-order valence-corrected chi connectivity index (χ4v) is 1.96. The molecule has 19 heavy (non-hydrogen) atoms. The predicted octanol–water partition coefficient (Wildman–Crippen LogP) is 1.66. The molecule has 0 spiro atoms. The van der Waals surface area contributed by atoms with Crippen molar-refractivity contribution in [3.05, 3.63) is 28.3 Å². The minimum atomic E-state index is -1.00. The number of carboxylic acid groups (broad SMARTS) is 1. The standard InChI is InChI=1S/C12H14N2O5/c1-19-9-4-5-10(11(6-9)14(17)18)13(7-12(15)16)8-2-3-8/h4-6,8H,2-3,7H2,1H3,(H,15,16). The first-order chi connectivity index (χ1) is 9.02. The van der Waals surface area contributed by atoms with Crippen molar-refractivity contribution in [2.75, 3.05) is 18.6 Å². The molecule has 1 aromatic rings. The van der Waals surface area contributed by atoms with Crippen molar-refractivity contribution in [3.8, 4) is 5.75 Å². The van der Waals surface area contributed by atoms with Gasteiger partial charge in [-0.15, -0.1) is 0 Å². The van der Waals surface area contributed by atoms with Crippen LogP contribution in [-0.2, 0) is 4.79 Å². The molecule has 0 atom stereocenters. The van der Waals surface area contributed by atoms with Gasteiger partial charge in [0.15, 0.2) is 0 Å². The lowest BCUT2D eigenvalue weighted by Gasteiger charge is -2.22. The maximum absolute atomic E-state index is 11.1. The maximum atomic E-state index is 11.1. The Morgan fingerprint density at radius 1 is 1.58 bits per heavy atom. The summed E-state index contributed by atoms with van der Waals surface area (Å²) >= 11 is 0. The van der Waals surface area contributed by atoms with Crippen molar-refractivity contribution in [3.63, 3.8) is 0 Å². The Labute approximate surface area is 109 Å². The number of nitro benzene ring substituents is 1. The third kappa shape index (κ3) is 2.93. The summed E-state index contributed by atoms with van der Waals surface area (Å²) in [5, 5.41) is 20.0. The molecule has 102 valence electrons. The molecule has 0 saturated heterocycles. The van der Waals surface area contributed by atoms with Gasteiger partial charge in [-0.05, 0) is 25.0 Å². The van der Waals surface area contributed by atoms with E-state index in [0.29, 0.717) is 11.4 Å². The predicted molar refractivity (Wildman–Crippen MR) is 67.7 cm³/mol. The summed E-state index contributed by atoms with van der Waals surface area (Å²) in [6.07, 6.45) is 1.72. The number of anilines is 1. The first-order valence-corrected chi connectivity index (χ1v) is 5.83. The van der Waals surface area contributed by atoms with Crippen LogP contribution >= 0.6 is 0 Å². The van der Waals surface area contributed by atoms with Crippen molar-refractivity contribution < 1.29 is 19.6 Å². The van der Waals surface area contributed by atoms with Gasteiger partial charge in [0.1, 0.15) is 18.0 Å².